The van der Waals surface area contributed by atoms with E-state index in [0.717, 1.165) is 11.3 Å². The summed E-state index contributed by atoms with van der Waals surface area (Å²) in [7, 11) is 1.61. The summed E-state index contributed by atoms with van der Waals surface area (Å²) < 4.78 is 5.14. The van der Waals surface area contributed by atoms with Gasteiger partial charge in [0.25, 0.3) is 0 Å². The van der Waals surface area contributed by atoms with Crippen LogP contribution in [0.5, 0.6) is 5.75 Å². The van der Waals surface area contributed by atoms with E-state index in [4.69, 9.17) is 9.84 Å². The highest BCUT2D eigenvalue weighted by atomic mass is 16.5. The summed E-state index contributed by atoms with van der Waals surface area (Å²) in [5, 5.41) is 12.1. The lowest BCUT2D eigenvalue weighted by Crippen LogP contribution is -2.06. The maximum Gasteiger partial charge on any atom is 0.339 e. The minimum atomic E-state index is -0.999. The van der Waals surface area contributed by atoms with Gasteiger partial charge in [0.05, 0.1) is 12.8 Å². The second kappa shape index (κ2) is 5.86. The van der Waals surface area contributed by atoms with Crippen LogP contribution in [0.3, 0.4) is 0 Å². The fourth-order valence-electron chi connectivity index (χ4n) is 1.70. The average molecular weight is 258 g/mol. The van der Waals surface area contributed by atoms with E-state index in [1.165, 1.54) is 6.20 Å². The highest BCUT2D eigenvalue weighted by Crippen LogP contribution is 2.17. The minimum Gasteiger partial charge on any atom is -0.497 e. The molecule has 2 aromatic rings. The highest BCUT2D eigenvalue weighted by Gasteiger charge is 2.09. The van der Waals surface area contributed by atoms with Gasteiger partial charge in [-0.25, -0.2) is 4.79 Å². The van der Waals surface area contributed by atoms with E-state index in [1.807, 2.05) is 24.3 Å². The summed E-state index contributed by atoms with van der Waals surface area (Å²) in [6, 6.07) is 9.23. The minimum absolute atomic E-state index is 0.158. The predicted molar refractivity (Wildman–Crippen MR) is 71.5 cm³/mol. The van der Waals surface area contributed by atoms with Crippen LogP contribution in [0, 0.1) is 0 Å². The third kappa shape index (κ3) is 3.22. The number of aromatic nitrogens is 1. The van der Waals surface area contributed by atoms with Crippen LogP contribution in [0.2, 0.25) is 0 Å². The third-order valence-electron chi connectivity index (χ3n) is 2.67. The van der Waals surface area contributed by atoms with Crippen LogP contribution in [0.1, 0.15) is 15.9 Å². The molecule has 5 heteroatoms. The predicted octanol–water partition coefficient (Wildman–Crippen LogP) is 2.40. The molecule has 98 valence electrons. The van der Waals surface area contributed by atoms with Crippen LogP contribution in [-0.4, -0.2) is 23.2 Å². The first-order valence-corrected chi connectivity index (χ1v) is 5.75. The molecule has 2 N–H and O–H groups in total. The zero-order valence-corrected chi connectivity index (χ0v) is 10.5. The van der Waals surface area contributed by atoms with Crippen LogP contribution in [0.15, 0.2) is 42.7 Å². The molecule has 0 amide bonds. The second-order valence-electron chi connectivity index (χ2n) is 3.93. The van der Waals surface area contributed by atoms with Crippen LogP contribution < -0.4 is 10.1 Å². The maximum atomic E-state index is 11.0. The molecule has 0 radical (unpaired) electrons. The Kier molecular flexibility index (Phi) is 3.97. The Labute approximate surface area is 110 Å². The third-order valence-corrected chi connectivity index (χ3v) is 2.67. The van der Waals surface area contributed by atoms with Gasteiger partial charge in [-0.05, 0) is 23.8 Å². The number of aromatic carboxylic acids is 1. The molecule has 0 bridgehead atoms. The Bertz CT molecular complexity index is 584. The van der Waals surface area contributed by atoms with E-state index in [9.17, 15) is 4.79 Å². The Morgan fingerprint density at radius 1 is 1.42 bits per heavy atom. The van der Waals surface area contributed by atoms with Gasteiger partial charge in [-0.15, -0.1) is 0 Å². The first-order chi connectivity index (χ1) is 9.20. The lowest BCUT2D eigenvalue weighted by Gasteiger charge is -2.09. The maximum absolute atomic E-state index is 11.0. The Morgan fingerprint density at radius 3 is 3.00 bits per heavy atom. The highest BCUT2D eigenvalue weighted by molar-refractivity contribution is 5.93. The number of ether oxygens (including phenoxy) is 1. The summed E-state index contributed by atoms with van der Waals surface area (Å²) in [4.78, 5) is 14.8. The van der Waals surface area contributed by atoms with Crippen molar-refractivity contribution in [2.45, 2.75) is 6.54 Å². The smallest absolute Gasteiger partial charge is 0.339 e. The lowest BCUT2D eigenvalue weighted by molar-refractivity contribution is 0.0697. The van der Waals surface area contributed by atoms with Crippen molar-refractivity contribution in [2.24, 2.45) is 0 Å². The Balaban J connectivity index is 2.12. The van der Waals surface area contributed by atoms with Gasteiger partial charge in [0.15, 0.2) is 0 Å². The normalized spacial score (nSPS) is 9.95. The van der Waals surface area contributed by atoms with Crippen molar-refractivity contribution in [3.8, 4) is 5.75 Å². The number of hydrogen-bond acceptors (Lipinski definition) is 4. The molecule has 0 saturated heterocycles. The number of pyridine rings is 1. The largest absolute Gasteiger partial charge is 0.497 e. The summed E-state index contributed by atoms with van der Waals surface area (Å²) in [5.41, 5.74) is 1.71. The van der Waals surface area contributed by atoms with Crippen molar-refractivity contribution < 1.29 is 14.6 Å². The van der Waals surface area contributed by atoms with Crippen LogP contribution in [-0.2, 0) is 6.54 Å². The van der Waals surface area contributed by atoms with Crippen molar-refractivity contribution in [1.82, 2.24) is 4.98 Å². The fraction of sp³-hybridized carbons (Fsp3) is 0.143. The van der Waals surface area contributed by atoms with E-state index in [-0.39, 0.29) is 5.56 Å². The average Bonchev–Trinajstić information content (AvgIpc) is 2.45. The molecule has 2 rings (SSSR count). The van der Waals surface area contributed by atoms with Gasteiger partial charge < -0.3 is 15.2 Å². The van der Waals surface area contributed by atoms with Crippen molar-refractivity contribution >= 4 is 11.7 Å². The van der Waals surface area contributed by atoms with Crippen molar-refractivity contribution in [3.63, 3.8) is 0 Å². The topological polar surface area (TPSA) is 71.5 Å². The number of rotatable bonds is 5. The van der Waals surface area contributed by atoms with Gasteiger partial charge in [0, 0.05) is 18.9 Å². The standard InChI is InChI=1S/C14H14N2O3/c1-19-11-4-2-3-10(7-11)8-16-13-5-6-15-9-12(13)14(17)18/h2-7,9H,8H2,1H3,(H,15,16)(H,17,18). The molecule has 0 aliphatic rings. The van der Waals surface area contributed by atoms with Crippen molar-refractivity contribution in [3.05, 3.63) is 53.9 Å². The molecule has 0 aliphatic heterocycles. The van der Waals surface area contributed by atoms with E-state index in [2.05, 4.69) is 10.3 Å². The molecule has 0 saturated carbocycles. The van der Waals surface area contributed by atoms with Gasteiger partial charge in [-0.2, -0.15) is 0 Å². The molecule has 19 heavy (non-hydrogen) atoms. The molecular weight excluding hydrogens is 244 g/mol. The molecule has 0 fully saturated rings. The Morgan fingerprint density at radius 2 is 2.26 bits per heavy atom. The SMILES string of the molecule is COc1cccc(CNc2ccncc2C(=O)O)c1. The lowest BCUT2D eigenvalue weighted by atomic mass is 10.2. The van der Waals surface area contributed by atoms with Gasteiger partial charge in [0.1, 0.15) is 11.3 Å². The van der Waals surface area contributed by atoms with Gasteiger partial charge in [-0.3, -0.25) is 4.98 Å². The molecule has 0 spiro atoms. The van der Waals surface area contributed by atoms with Crippen LogP contribution in [0.4, 0.5) is 5.69 Å². The molecule has 0 atom stereocenters. The molecule has 5 nitrogen and oxygen atoms in total. The van der Waals surface area contributed by atoms with Crippen LogP contribution >= 0.6 is 0 Å². The van der Waals surface area contributed by atoms with Gasteiger partial charge in [0.2, 0.25) is 0 Å². The zero-order valence-electron chi connectivity index (χ0n) is 10.5. The quantitative estimate of drug-likeness (QED) is 0.861. The van der Waals surface area contributed by atoms with Gasteiger partial charge in [-0.1, -0.05) is 12.1 Å². The Hall–Kier alpha value is -2.56. The summed E-state index contributed by atoms with van der Waals surface area (Å²) in [5.74, 6) is -0.228. The number of hydrogen-bond donors (Lipinski definition) is 2. The zero-order chi connectivity index (χ0) is 13.7. The van der Waals surface area contributed by atoms with Gasteiger partial charge >= 0.3 is 5.97 Å². The monoisotopic (exact) mass is 258 g/mol. The first kappa shape index (κ1) is 12.9. The van der Waals surface area contributed by atoms with E-state index >= 15 is 0 Å². The number of carbonyl (C=O) groups is 1. The molecular formula is C14H14N2O3. The molecule has 1 heterocycles. The van der Waals surface area contributed by atoms with E-state index in [1.54, 1.807) is 19.4 Å². The van der Waals surface area contributed by atoms with Crippen LogP contribution in [0.25, 0.3) is 0 Å². The number of nitrogens with zero attached hydrogens (tertiary/aromatic N) is 1. The summed E-state index contributed by atoms with van der Waals surface area (Å²) in [6.45, 7) is 0.515. The van der Waals surface area contributed by atoms with E-state index in [0.29, 0.717) is 12.2 Å². The molecule has 1 aromatic heterocycles. The number of nitrogens with one attached hydrogen (secondary N) is 1. The molecule has 0 unspecified atom stereocenters. The van der Waals surface area contributed by atoms with Crippen molar-refractivity contribution in [2.75, 3.05) is 12.4 Å². The number of carboxylic acids is 1. The summed E-state index contributed by atoms with van der Waals surface area (Å²) in [6.07, 6.45) is 2.89. The molecule has 0 aliphatic carbocycles. The first-order valence-electron chi connectivity index (χ1n) is 5.75. The van der Waals surface area contributed by atoms with Crippen molar-refractivity contribution in [1.29, 1.82) is 0 Å². The number of carboxylic acid groups (broad SMARTS) is 1. The second-order valence-corrected chi connectivity index (χ2v) is 3.93. The fourth-order valence-corrected chi connectivity index (χ4v) is 1.70. The summed E-state index contributed by atoms with van der Waals surface area (Å²) >= 11 is 0. The number of anilines is 1. The number of benzene rings is 1. The molecule has 1 aromatic carbocycles. The number of methoxy groups -OCH3 is 1. The van der Waals surface area contributed by atoms with E-state index < -0.39 is 5.97 Å².